The van der Waals surface area contributed by atoms with Crippen LogP contribution in [0.1, 0.15) is 30.5 Å². The lowest BCUT2D eigenvalue weighted by Crippen LogP contribution is -2.40. The first-order chi connectivity index (χ1) is 8.13. The molecular weight excluding hydrogens is 302 g/mol. The Kier molecular flexibility index (Phi) is 4.50. The van der Waals surface area contributed by atoms with E-state index < -0.39 is 0 Å². The van der Waals surface area contributed by atoms with E-state index in [4.69, 9.17) is 11.6 Å². The molecule has 0 bridgehead atoms. The summed E-state index contributed by atoms with van der Waals surface area (Å²) in [6, 6.07) is 0.739. The van der Waals surface area contributed by atoms with Crippen LogP contribution in [0, 0.1) is 6.92 Å². The van der Waals surface area contributed by atoms with Crippen molar-refractivity contribution in [2.75, 3.05) is 11.9 Å². The largest absolute Gasteiger partial charge is 0.295 e. The highest BCUT2D eigenvalue weighted by Gasteiger charge is 2.26. The van der Waals surface area contributed by atoms with Crippen LogP contribution < -0.4 is 0 Å². The van der Waals surface area contributed by atoms with Gasteiger partial charge in [-0.15, -0.1) is 0 Å². The van der Waals surface area contributed by atoms with Gasteiger partial charge in [-0.2, -0.15) is 5.10 Å². The van der Waals surface area contributed by atoms with Crippen LogP contribution in [0.3, 0.4) is 0 Å². The summed E-state index contributed by atoms with van der Waals surface area (Å²) in [5.41, 5.74) is 2.23. The van der Waals surface area contributed by atoms with Gasteiger partial charge < -0.3 is 0 Å². The standard InChI is InChI=1S/C12H19BrClN3/c1-9-11(12(14)16(2)15-9)8-17(7-6-13)10-4-3-5-10/h10H,3-8H2,1-2H3. The van der Waals surface area contributed by atoms with Crippen LogP contribution in [-0.2, 0) is 13.6 Å². The van der Waals surface area contributed by atoms with Gasteiger partial charge in [0.25, 0.3) is 0 Å². The molecule has 1 aromatic rings. The Morgan fingerprint density at radius 2 is 2.24 bits per heavy atom. The number of halogens is 2. The van der Waals surface area contributed by atoms with Crippen molar-refractivity contribution in [3.8, 4) is 0 Å². The molecule has 0 aromatic carbocycles. The van der Waals surface area contributed by atoms with Gasteiger partial charge >= 0.3 is 0 Å². The molecule has 5 heteroatoms. The fraction of sp³-hybridized carbons (Fsp3) is 0.750. The monoisotopic (exact) mass is 319 g/mol. The van der Waals surface area contributed by atoms with Crippen LogP contribution in [0.25, 0.3) is 0 Å². The Morgan fingerprint density at radius 1 is 1.53 bits per heavy atom. The van der Waals surface area contributed by atoms with Crippen LogP contribution >= 0.6 is 27.5 Å². The van der Waals surface area contributed by atoms with Crippen LogP contribution in [0.5, 0.6) is 0 Å². The number of alkyl halides is 1. The molecular formula is C12H19BrClN3. The molecule has 0 aliphatic heterocycles. The van der Waals surface area contributed by atoms with E-state index in [1.807, 2.05) is 14.0 Å². The highest BCUT2D eigenvalue weighted by molar-refractivity contribution is 9.09. The van der Waals surface area contributed by atoms with Crippen molar-refractivity contribution in [3.05, 3.63) is 16.4 Å². The first kappa shape index (κ1) is 13.4. The van der Waals surface area contributed by atoms with Crippen molar-refractivity contribution in [3.63, 3.8) is 0 Å². The summed E-state index contributed by atoms with van der Waals surface area (Å²) in [6.45, 7) is 4.04. The first-order valence-electron chi connectivity index (χ1n) is 6.11. The van der Waals surface area contributed by atoms with Gasteiger partial charge in [0.15, 0.2) is 0 Å². The van der Waals surface area contributed by atoms with E-state index in [9.17, 15) is 0 Å². The third-order valence-corrected chi connectivity index (χ3v) is 4.42. The van der Waals surface area contributed by atoms with Crippen LogP contribution in [0.2, 0.25) is 5.15 Å². The molecule has 17 heavy (non-hydrogen) atoms. The third-order valence-electron chi connectivity index (χ3n) is 3.59. The van der Waals surface area contributed by atoms with Crippen LogP contribution in [-0.4, -0.2) is 32.6 Å². The minimum absolute atomic E-state index is 0.739. The maximum Gasteiger partial charge on any atom is 0.131 e. The molecule has 0 amide bonds. The highest BCUT2D eigenvalue weighted by atomic mass is 79.9. The number of hydrogen-bond donors (Lipinski definition) is 0. The zero-order valence-electron chi connectivity index (χ0n) is 10.4. The zero-order valence-corrected chi connectivity index (χ0v) is 12.8. The van der Waals surface area contributed by atoms with E-state index in [0.717, 1.165) is 35.3 Å². The number of aryl methyl sites for hydroxylation is 2. The lowest BCUT2D eigenvalue weighted by Gasteiger charge is -2.37. The molecule has 96 valence electrons. The fourth-order valence-electron chi connectivity index (χ4n) is 2.31. The zero-order chi connectivity index (χ0) is 12.4. The fourth-order valence-corrected chi connectivity index (χ4v) is 3.00. The number of aromatic nitrogens is 2. The van der Waals surface area contributed by atoms with Crippen molar-refractivity contribution in [2.45, 2.75) is 38.8 Å². The lowest BCUT2D eigenvalue weighted by molar-refractivity contribution is 0.128. The summed E-state index contributed by atoms with van der Waals surface area (Å²) in [6.07, 6.45) is 4.01. The molecule has 0 radical (unpaired) electrons. The average molecular weight is 321 g/mol. The minimum Gasteiger partial charge on any atom is -0.295 e. The highest BCUT2D eigenvalue weighted by Crippen LogP contribution is 2.28. The third kappa shape index (κ3) is 2.85. The van der Waals surface area contributed by atoms with Crippen LogP contribution in [0.15, 0.2) is 0 Å². The van der Waals surface area contributed by atoms with Gasteiger partial charge in [-0.1, -0.05) is 34.0 Å². The van der Waals surface area contributed by atoms with Gasteiger partial charge in [0.05, 0.1) is 5.69 Å². The summed E-state index contributed by atoms with van der Waals surface area (Å²) in [4.78, 5) is 2.52. The molecule has 1 heterocycles. The summed E-state index contributed by atoms with van der Waals surface area (Å²) in [7, 11) is 1.90. The molecule has 0 spiro atoms. The SMILES string of the molecule is Cc1nn(C)c(Cl)c1CN(CCBr)C1CCC1. The van der Waals surface area contributed by atoms with Crippen molar-refractivity contribution >= 4 is 27.5 Å². The van der Waals surface area contributed by atoms with Crippen molar-refractivity contribution < 1.29 is 0 Å². The summed E-state index contributed by atoms with van der Waals surface area (Å²) in [5.74, 6) is 0. The van der Waals surface area contributed by atoms with Gasteiger partial charge in [-0.05, 0) is 19.8 Å². The molecule has 0 unspecified atom stereocenters. The molecule has 0 saturated heterocycles. The predicted octanol–water partition coefficient (Wildman–Crippen LogP) is 3.13. The Hall–Kier alpha value is -0.0600. The molecule has 0 atom stereocenters. The number of nitrogens with zero attached hydrogens (tertiary/aromatic N) is 3. The van der Waals surface area contributed by atoms with Crippen LogP contribution in [0.4, 0.5) is 0 Å². The van der Waals surface area contributed by atoms with E-state index in [2.05, 4.69) is 25.9 Å². The number of hydrogen-bond acceptors (Lipinski definition) is 2. The van der Waals surface area contributed by atoms with Crippen molar-refractivity contribution in [1.29, 1.82) is 0 Å². The number of rotatable bonds is 5. The second kappa shape index (κ2) is 5.72. The molecule has 2 rings (SSSR count). The molecule has 3 nitrogen and oxygen atoms in total. The molecule has 1 aliphatic rings. The van der Waals surface area contributed by atoms with Gasteiger partial charge in [0.1, 0.15) is 5.15 Å². The van der Waals surface area contributed by atoms with E-state index in [0.29, 0.717) is 0 Å². The Labute approximate surface area is 116 Å². The Morgan fingerprint density at radius 3 is 2.65 bits per heavy atom. The second-order valence-electron chi connectivity index (χ2n) is 4.72. The van der Waals surface area contributed by atoms with Gasteiger partial charge in [0, 0.05) is 37.1 Å². The van der Waals surface area contributed by atoms with E-state index in [-0.39, 0.29) is 0 Å². The second-order valence-corrected chi connectivity index (χ2v) is 5.87. The molecule has 0 N–H and O–H groups in total. The maximum atomic E-state index is 6.29. The summed E-state index contributed by atoms with van der Waals surface area (Å²) >= 11 is 9.82. The normalized spacial score (nSPS) is 16.5. The van der Waals surface area contributed by atoms with Gasteiger partial charge in [-0.25, -0.2) is 0 Å². The van der Waals surface area contributed by atoms with Gasteiger partial charge in [-0.3, -0.25) is 9.58 Å². The first-order valence-corrected chi connectivity index (χ1v) is 7.61. The van der Waals surface area contributed by atoms with E-state index in [1.165, 1.54) is 24.8 Å². The maximum absolute atomic E-state index is 6.29. The predicted molar refractivity (Wildman–Crippen MR) is 74.8 cm³/mol. The molecule has 1 fully saturated rings. The van der Waals surface area contributed by atoms with Crippen molar-refractivity contribution in [1.82, 2.24) is 14.7 Å². The molecule has 1 aliphatic carbocycles. The Bertz CT molecular complexity index is 387. The quantitative estimate of drug-likeness (QED) is 0.777. The van der Waals surface area contributed by atoms with E-state index in [1.54, 1.807) is 4.68 Å². The van der Waals surface area contributed by atoms with Gasteiger partial charge in [0.2, 0.25) is 0 Å². The molecule has 1 aromatic heterocycles. The van der Waals surface area contributed by atoms with Crippen molar-refractivity contribution in [2.24, 2.45) is 7.05 Å². The van der Waals surface area contributed by atoms with E-state index >= 15 is 0 Å². The topological polar surface area (TPSA) is 21.1 Å². The summed E-state index contributed by atoms with van der Waals surface area (Å²) < 4.78 is 1.76. The summed E-state index contributed by atoms with van der Waals surface area (Å²) in [5, 5.41) is 6.17. The Balaban J connectivity index is 2.10. The average Bonchev–Trinajstić information content (AvgIpc) is 2.43. The minimum atomic E-state index is 0.739. The smallest absolute Gasteiger partial charge is 0.131 e. The lowest BCUT2D eigenvalue weighted by atomic mass is 9.91. The molecule has 1 saturated carbocycles.